The third kappa shape index (κ3) is 2.88. The van der Waals surface area contributed by atoms with E-state index in [0.29, 0.717) is 11.1 Å². The number of benzene rings is 1. The number of ether oxygens (including phenoxy) is 2. The highest BCUT2D eigenvalue weighted by Gasteiger charge is 2.15. The molecule has 1 aromatic carbocycles. The average Bonchev–Trinajstić information content (AvgIpc) is 3.01. The summed E-state index contributed by atoms with van der Waals surface area (Å²) < 4.78 is 12.1. The third-order valence-electron chi connectivity index (χ3n) is 3.20. The van der Waals surface area contributed by atoms with Gasteiger partial charge in [-0.25, -0.2) is 0 Å². The topological polar surface area (TPSA) is 30.5 Å². The lowest BCUT2D eigenvalue weighted by Gasteiger charge is -2.13. The maximum Gasteiger partial charge on any atom is 0.231 e. The molecule has 106 valence electrons. The van der Waals surface area contributed by atoms with Crippen molar-refractivity contribution in [1.82, 2.24) is 5.32 Å². The largest absolute Gasteiger partial charge is 0.454 e. The van der Waals surface area contributed by atoms with Gasteiger partial charge in [0, 0.05) is 12.6 Å². The summed E-state index contributed by atoms with van der Waals surface area (Å²) in [7, 11) is 0. The van der Waals surface area contributed by atoms with Crippen molar-refractivity contribution < 1.29 is 9.47 Å². The predicted octanol–water partition coefficient (Wildman–Crippen LogP) is 4.63. The summed E-state index contributed by atoms with van der Waals surface area (Å²) in [5, 5.41) is 3.43. The minimum absolute atomic E-state index is 0.136. The van der Waals surface area contributed by atoms with E-state index in [1.165, 1.54) is 11.3 Å². The van der Waals surface area contributed by atoms with Crippen LogP contribution in [0.1, 0.15) is 24.1 Å². The van der Waals surface area contributed by atoms with Crippen LogP contribution in [-0.2, 0) is 6.54 Å². The van der Waals surface area contributed by atoms with Crippen LogP contribution in [0.2, 0.25) is 8.67 Å². The van der Waals surface area contributed by atoms with E-state index >= 15 is 0 Å². The smallest absolute Gasteiger partial charge is 0.231 e. The fourth-order valence-corrected chi connectivity index (χ4v) is 3.73. The molecule has 1 aliphatic heterocycles. The lowest BCUT2D eigenvalue weighted by Crippen LogP contribution is -2.17. The van der Waals surface area contributed by atoms with Crippen LogP contribution in [0.25, 0.3) is 0 Å². The zero-order valence-corrected chi connectivity index (χ0v) is 13.1. The molecule has 0 bridgehead atoms. The predicted molar refractivity (Wildman–Crippen MR) is 82.2 cm³/mol. The van der Waals surface area contributed by atoms with Crippen LogP contribution in [0.5, 0.6) is 11.5 Å². The Kier molecular flexibility index (Phi) is 4.08. The van der Waals surface area contributed by atoms with Crippen LogP contribution in [0.3, 0.4) is 0 Å². The first kappa shape index (κ1) is 14.0. The number of rotatable bonds is 4. The van der Waals surface area contributed by atoms with Gasteiger partial charge in [-0.1, -0.05) is 29.3 Å². The molecule has 3 nitrogen and oxygen atoms in total. The monoisotopic (exact) mass is 329 g/mol. The number of fused-ring (bicyclic) bond motifs is 1. The van der Waals surface area contributed by atoms with Crippen molar-refractivity contribution in [1.29, 1.82) is 0 Å². The summed E-state index contributed by atoms with van der Waals surface area (Å²) in [4.78, 5) is 0. The fraction of sp³-hybridized carbons (Fsp3) is 0.286. The molecule has 0 spiro atoms. The number of hydrogen-bond donors (Lipinski definition) is 1. The summed E-state index contributed by atoms with van der Waals surface area (Å²) in [6.07, 6.45) is 0. The highest BCUT2D eigenvalue weighted by atomic mass is 35.5. The summed E-state index contributed by atoms with van der Waals surface area (Å²) in [6.45, 7) is 3.09. The Balaban J connectivity index is 1.66. The SMILES string of the molecule is CC(NCc1ccc2c(c1)OCO2)c1cc(Cl)sc1Cl. The number of hydrogen-bond acceptors (Lipinski definition) is 4. The Morgan fingerprint density at radius 3 is 2.80 bits per heavy atom. The van der Waals surface area contributed by atoms with Crippen molar-refractivity contribution in [2.24, 2.45) is 0 Å². The van der Waals surface area contributed by atoms with Gasteiger partial charge in [-0.05, 0) is 36.2 Å². The minimum atomic E-state index is 0.136. The van der Waals surface area contributed by atoms with Crippen LogP contribution >= 0.6 is 34.5 Å². The maximum absolute atomic E-state index is 6.16. The standard InChI is InChI=1S/C14H13Cl2NO2S/c1-8(10-5-13(15)20-14(10)16)17-6-9-2-3-11-12(4-9)19-7-18-11/h2-5,8,17H,6-7H2,1H3. The lowest BCUT2D eigenvalue weighted by molar-refractivity contribution is 0.174. The van der Waals surface area contributed by atoms with Crippen LogP contribution in [0.15, 0.2) is 24.3 Å². The quantitative estimate of drug-likeness (QED) is 0.886. The van der Waals surface area contributed by atoms with Gasteiger partial charge in [-0.2, -0.15) is 0 Å². The molecule has 1 unspecified atom stereocenters. The second-order valence-corrected chi connectivity index (χ2v) is 6.86. The van der Waals surface area contributed by atoms with Gasteiger partial charge in [0.25, 0.3) is 0 Å². The molecule has 20 heavy (non-hydrogen) atoms. The van der Waals surface area contributed by atoms with Crippen molar-refractivity contribution in [3.8, 4) is 11.5 Å². The van der Waals surface area contributed by atoms with E-state index in [0.717, 1.165) is 33.5 Å². The maximum atomic E-state index is 6.16. The lowest BCUT2D eigenvalue weighted by atomic mass is 10.1. The third-order valence-corrected chi connectivity index (χ3v) is 4.72. The molecular weight excluding hydrogens is 317 g/mol. The molecule has 0 aliphatic carbocycles. The van der Waals surface area contributed by atoms with Crippen LogP contribution in [0.4, 0.5) is 0 Å². The van der Waals surface area contributed by atoms with E-state index in [4.69, 9.17) is 32.7 Å². The molecule has 1 aliphatic rings. The Bertz CT molecular complexity index is 630. The Hall–Kier alpha value is -0.940. The summed E-state index contributed by atoms with van der Waals surface area (Å²) in [5.41, 5.74) is 2.17. The molecule has 0 radical (unpaired) electrons. The van der Waals surface area contributed by atoms with Gasteiger partial charge in [0.15, 0.2) is 11.5 Å². The molecule has 3 rings (SSSR count). The zero-order chi connectivity index (χ0) is 14.1. The van der Waals surface area contributed by atoms with E-state index in [2.05, 4.69) is 12.2 Å². The van der Waals surface area contributed by atoms with Crippen molar-refractivity contribution in [2.75, 3.05) is 6.79 Å². The van der Waals surface area contributed by atoms with Gasteiger partial charge in [0.2, 0.25) is 6.79 Å². The summed E-state index contributed by atoms with van der Waals surface area (Å²) in [5.74, 6) is 1.60. The molecule has 0 saturated carbocycles. The second kappa shape index (κ2) is 5.82. The minimum Gasteiger partial charge on any atom is -0.454 e. The second-order valence-electron chi connectivity index (χ2n) is 4.57. The van der Waals surface area contributed by atoms with E-state index in [1.807, 2.05) is 24.3 Å². The summed E-state index contributed by atoms with van der Waals surface area (Å²) >= 11 is 13.5. The van der Waals surface area contributed by atoms with Gasteiger partial charge in [-0.3, -0.25) is 0 Å². The number of nitrogens with one attached hydrogen (secondary N) is 1. The molecule has 1 N–H and O–H groups in total. The summed E-state index contributed by atoms with van der Waals surface area (Å²) in [6, 6.07) is 7.99. The van der Waals surface area contributed by atoms with Crippen LogP contribution < -0.4 is 14.8 Å². The fourth-order valence-electron chi connectivity index (χ4n) is 2.08. The van der Waals surface area contributed by atoms with Gasteiger partial charge in [-0.15, -0.1) is 11.3 Å². The van der Waals surface area contributed by atoms with Crippen molar-refractivity contribution in [3.63, 3.8) is 0 Å². The van der Waals surface area contributed by atoms with Crippen molar-refractivity contribution in [3.05, 3.63) is 44.1 Å². The molecule has 0 saturated heterocycles. The molecule has 0 amide bonds. The Labute approximate surface area is 131 Å². The van der Waals surface area contributed by atoms with Crippen LogP contribution in [-0.4, -0.2) is 6.79 Å². The van der Waals surface area contributed by atoms with Crippen LogP contribution in [0, 0.1) is 0 Å². The molecule has 0 fully saturated rings. The van der Waals surface area contributed by atoms with Gasteiger partial charge in [0.1, 0.15) is 0 Å². The normalized spacial score (nSPS) is 14.6. The van der Waals surface area contributed by atoms with Gasteiger partial charge >= 0.3 is 0 Å². The highest BCUT2D eigenvalue weighted by Crippen LogP contribution is 2.35. The molecule has 2 heterocycles. The Morgan fingerprint density at radius 2 is 2.05 bits per heavy atom. The first-order valence-corrected chi connectivity index (χ1v) is 7.77. The highest BCUT2D eigenvalue weighted by molar-refractivity contribution is 7.20. The van der Waals surface area contributed by atoms with Gasteiger partial charge in [0.05, 0.1) is 8.67 Å². The molecule has 2 aromatic rings. The molecule has 6 heteroatoms. The molecule has 1 atom stereocenters. The number of thiophene rings is 1. The van der Waals surface area contributed by atoms with Crippen molar-refractivity contribution >= 4 is 34.5 Å². The van der Waals surface area contributed by atoms with E-state index in [-0.39, 0.29) is 6.04 Å². The first-order valence-electron chi connectivity index (χ1n) is 6.20. The van der Waals surface area contributed by atoms with Gasteiger partial charge < -0.3 is 14.8 Å². The van der Waals surface area contributed by atoms with Crippen molar-refractivity contribution in [2.45, 2.75) is 19.5 Å². The molecule has 1 aromatic heterocycles. The number of halogens is 2. The zero-order valence-electron chi connectivity index (χ0n) is 10.8. The van der Waals surface area contributed by atoms with E-state index in [9.17, 15) is 0 Å². The van der Waals surface area contributed by atoms with E-state index in [1.54, 1.807) is 0 Å². The van der Waals surface area contributed by atoms with E-state index < -0.39 is 0 Å². The average molecular weight is 330 g/mol. The Morgan fingerprint density at radius 1 is 1.25 bits per heavy atom. The first-order chi connectivity index (χ1) is 9.63. The molecular formula is C14H13Cl2NO2S.